The van der Waals surface area contributed by atoms with Crippen LogP contribution in [0.3, 0.4) is 0 Å². The Kier molecular flexibility index (Phi) is 6.04. The smallest absolute Gasteiger partial charge is 0.223 e. The molecule has 4 N–H and O–H groups in total. The highest BCUT2D eigenvalue weighted by Crippen LogP contribution is 2.31. The molecule has 1 fully saturated rings. The van der Waals surface area contributed by atoms with Crippen molar-refractivity contribution in [1.29, 1.82) is 0 Å². The fraction of sp³-hybridized carbons (Fsp3) is 0.550. The van der Waals surface area contributed by atoms with Crippen molar-refractivity contribution in [2.75, 3.05) is 20.8 Å². The van der Waals surface area contributed by atoms with Gasteiger partial charge < -0.3 is 25.5 Å². The minimum Gasteiger partial charge on any atom is -0.497 e. The average molecular weight is 359 g/mol. The van der Waals surface area contributed by atoms with Gasteiger partial charge in [0.05, 0.1) is 19.7 Å². The molecule has 1 aliphatic rings. The molecule has 26 heavy (non-hydrogen) atoms. The summed E-state index contributed by atoms with van der Waals surface area (Å²) in [6.07, 6.45) is 5.62. The van der Waals surface area contributed by atoms with Crippen molar-refractivity contribution in [1.82, 2.24) is 10.3 Å². The summed E-state index contributed by atoms with van der Waals surface area (Å²) in [5.74, 6) is 1.80. The van der Waals surface area contributed by atoms with E-state index in [0.29, 0.717) is 6.54 Å². The second kappa shape index (κ2) is 8.45. The first-order chi connectivity index (χ1) is 12.6. The summed E-state index contributed by atoms with van der Waals surface area (Å²) in [5.41, 5.74) is 8.09. The van der Waals surface area contributed by atoms with Crippen LogP contribution in [0.4, 0.5) is 0 Å². The Hall–Kier alpha value is -2.21. The van der Waals surface area contributed by atoms with Crippen molar-refractivity contribution >= 4 is 16.8 Å². The fourth-order valence-corrected chi connectivity index (χ4v) is 3.76. The average Bonchev–Trinajstić information content (AvgIpc) is 3.06. The van der Waals surface area contributed by atoms with Crippen molar-refractivity contribution in [3.63, 3.8) is 0 Å². The number of H-pyrrole nitrogens is 1. The van der Waals surface area contributed by atoms with E-state index in [1.54, 1.807) is 14.2 Å². The quantitative estimate of drug-likeness (QED) is 0.663. The SMILES string of the molecule is COc1cc(OC)c2cc(CCCNC(=O)C3CCCC(N)C3)[nH]c2c1. The zero-order valence-corrected chi connectivity index (χ0v) is 15.6. The van der Waals surface area contributed by atoms with Crippen LogP contribution in [0.15, 0.2) is 18.2 Å². The first kappa shape index (κ1) is 18.6. The van der Waals surface area contributed by atoms with Gasteiger partial charge in [0.1, 0.15) is 11.5 Å². The van der Waals surface area contributed by atoms with Gasteiger partial charge in [-0.15, -0.1) is 0 Å². The summed E-state index contributed by atoms with van der Waals surface area (Å²) in [7, 11) is 3.31. The Morgan fingerprint density at radius 3 is 2.85 bits per heavy atom. The first-order valence-electron chi connectivity index (χ1n) is 9.37. The number of rotatable bonds is 7. The van der Waals surface area contributed by atoms with Gasteiger partial charge in [0.25, 0.3) is 0 Å². The highest BCUT2D eigenvalue weighted by Gasteiger charge is 2.24. The van der Waals surface area contributed by atoms with Gasteiger partial charge in [0.2, 0.25) is 5.91 Å². The van der Waals surface area contributed by atoms with Crippen LogP contribution < -0.4 is 20.5 Å². The van der Waals surface area contributed by atoms with Gasteiger partial charge in [0, 0.05) is 41.7 Å². The van der Waals surface area contributed by atoms with Crippen molar-refractivity contribution in [3.8, 4) is 11.5 Å². The lowest BCUT2D eigenvalue weighted by Crippen LogP contribution is -2.38. The largest absolute Gasteiger partial charge is 0.497 e. The van der Waals surface area contributed by atoms with E-state index in [2.05, 4.69) is 16.4 Å². The van der Waals surface area contributed by atoms with E-state index >= 15 is 0 Å². The fourth-order valence-electron chi connectivity index (χ4n) is 3.76. The molecule has 1 heterocycles. The third kappa shape index (κ3) is 4.30. The van der Waals surface area contributed by atoms with E-state index in [1.165, 1.54) is 0 Å². The second-order valence-corrected chi connectivity index (χ2v) is 7.10. The molecule has 6 heteroatoms. The van der Waals surface area contributed by atoms with Crippen LogP contribution in [0.1, 0.15) is 37.8 Å². The number of benzene rings is 1. The molecule has 2 atom stereocenters. The Bertz CT molecular complexity index is 756. The van der Waals surface area contributed by atoms with E-state index in [-0.39, 0.29) is 17.9 Å². The number of aromatic nitrogens is 1. The summed E-state index contributed by atoms with van der Waals surface area (Å²) in [6, 6.07) is 6.14. The molecule has 0 spiro atoms. The number of carbonyl (C=O) groups is 1. The van der Waals surface area contributed by atoms with Crippen molar-refractivity contribution in [2.24, 2.45) is 11.7 Å². The molecule has 3 rings (SSSR count). The van der Waals surface area contributed by atoms with E-state index < -0.39 is 0 Å². The predicted molar refractivity (Wildman–Crippen MR) is 103 cm³/mol. The Balaban J connectivity index is 1.52. The zero-order chi connectivity index (χ0) is 18.5. The number of ether oxygens (including phenoxy) is 2. The molecule has 1 aliphatic carbocycles. The number of fused-ring (bicyclic) bond motifs is 1. The summed E-state index contributed by atoms with van der Waals surface area (Å²) in [6.45, 7) is 0.681. The zero-order valence-electron chi connectivity index (χ0n) is 15.6. The summed E-state index contributed by atoms with van der Waals surface area (Å²) < 4.78 is 10.8. The van der Waals surface area contributed by atoms with Crippen LogP contribution >= 0.6 is 0 Å². The highest BCUT2D eigenvalue weighted by molar-refractivity contribution is 5.88. The Morgan fingerprint density at radius 1 is 1.27 bits per heavy atom. The number of carbonyl (C=O) groups excluding carboxylic acids is 1. The number of methoxy groups -OCH3 is 2. The van der Waals surface area contributed by atoms with E-state index in [0.717, 1.165) is 66.6 Å². The number of hydrogen-bond donors (Lipinski definition) is 3. The standard InChI is InChI=1S/C20H29N3O3/c1-25-16-11-18-17(19(12-16)26-2)10-15(23-18)7-4-8-22-20(24)13-5-3-6-14(21)9-13/h10-14,23H,3-9,21H2,1-2H3,(H,22,24). The number of aromatic amines is 1. The van der Waals surface area contributed by atoms with Crippen molar-refractivity contribution in [2.45, 2.75) is 44.6 Å². The molecule has 1 saturated carbocycles. The molecule has 0 bridgehead atoms. The molecule has 1 amide bonds. The maximum absolute atomic E-state index is 12.2. The number of aryl methyl sites for hydroxylation is 1. The minimum absolute atomic E-state index is 0.0866. The lowest BCUT2D eigenvalue weighted by molar-refractivity contribution is -0.126. The van der Waals surface area contributed by atoms with Gasteiger partial charge in [-0.2, -0.15) is 0 Å². The van der Waals surface area contributed by atoms with Crippen LogP contribution in [0.25, 0.3) is 10.9 Å². The Morgan fingerprint density at radius 2 is 2.12 bits per heavy atom. The third-order valence-electron chi connectivity index (χ3n) is 5.19. The van der Waals surface area contributed by atoms with Gasteiger partial charge >= 0.3 is 0 Å². The van der Waals surface area contributed by atoms with Gasteiger partial charge in [-0.05, 0) is 38.2 Å². The first-order valence-corrected chi connectivity index (χ1v) is 9.37. The molecule has 0 aliphatic heterocycles. The van der Waals surface area contributed by atoms with Crippen LogP contribution in [0.5, 0.6) is 11.5 Å². The molecular weight excluding hydrogens is 330 g/mol. The van der Waals surface area contributed by atoms with Gasteiger partial charge in [-0.3, -0.25) is 4.79 Å². The molecule has 0 radical (unpaired) electrons. The van der Waals surface area contributed by atoms with Gasteiger partial charge in [-0.25, -0.2) is 0 Å². The molecule has 2 unspecified atom stereocenters. The monoisotopic (exact) mass is 359 g/mol. The predicted octanol–water partition coefficient (Wildman–Crippen LogP) is 2.75. The maximum atomic E-state index is 12.2. The highest BCUT2D eigenvalue weighted by atomic mass is 16.5. The van der Waals surface area contributed by atoms with Gasteiger partial charge in [0.15, 0.2) is 0 Å². The topological polar surface area (TPSA) is 89.4 Å². The Labute approximate surface area is 154 Å². The number of nitrogens with one attached hydrogen (secondary N) is 2. The summed E-state index contributed by atoms with van der Waals surface area (Å²) >= 11 is 0. The van der Waals surface area contributed by atoms with Crippen molar-refractivity contribution in [3.05, 3.63) is 23.9 Å². The lowest BCUT2D eigenvalue weighted by atomic mass is 9.85. The third-order valence-corrected chi connectivity index (χ3v) is 5.19. The molecule has 0 saturated heterocycles. The molecule has 2 aromatic rings. The molecular formula is C20H29N3O3. The number of amides is 1. The van der Waals surface area contributed by atoms with Crippen LogP contribution in [-0.4, -0.2) is 37.7 Å². The second-order valence-electron chi connectivity index (χ2n) is 7.10. The summed E-state index contributed by atoms with van der Waals surface area (Å²) in [5, 5.41) is 4.11. The summed E-state index contributed by atoms with van der Waals surface area (Å²) in [4.78, 5) is 15.7. The molecule has 1 aromatic carbocycles. The van der Waals surface area contributed by atoms with E-state index in [1.807, 2.05) is 12.1 Å². The molecule has 6 nitrogen and oxygen atoms in total. The number of nitrogens with two attached hydrogens (primary N) is 1. The van der Waals surface area contributed by atoms with E-state index in [9.17, 15) is 4.79 Å². The minimum atomic E-state index is 0.0866. The van der Waals surface area contributed by atoms with Crippen LogP contribution in [0, 0.1) is 5.92 Å². The lowest BCUT2D eigenvalue weighted by Gasteiger charge is -2.25. The van der Waals surface area contributed by atoms with E-state index in [4.69, 9.17) is 15.2 Å². The van der Waals surface area contributed by atoms with Crippen LogP contribution in [0.2, 0.25) is 0 Å². The maximum Gasteiger partial charge on any atom is 0.223 e. The van der Waals surface area contributed by atoms with Gasteiger partial charge in [-0.1, -0.05) is 6.42 Å². The number of hydrogen-bond acceptors (Lipinski definition) is 4. The van der Waals surface area contributed by atoms with Crippen molar-refractivity contribution < 1.29 is 14.3 Å². The molecule has 1 aromatic heterocycles. The molecule has 142 valence electrons. The normalized spacial score (nSPS) is 20.1. The van der Waals surface area contributed by atoms with Crippen LogP contribution in [-0.2, 0) is 11.2 Å².